The van der Waals surface area contributed by atoms with Crippen LogP contribution in [0.3, 0.4) is 0 Å². The van der Waals surface area contributed by atoms with Gasteiger partial charge in [0.1, 0.15) is 0 Å². The summed E-state index contributed by atoms with van der Waals surface area (Å²) in [6.07, 6.45) is 7.44. The van der Waals surface area contributed by atoms with Crippen LogP contribution in [0, 0.1) is 45.0 Å². The molecule has 4 heterocycles. The second-order valence-electron chi connectivity index (χ2n) is 14.6. The molecule has 0 N–H and O–H groups in total. The predicted molar refractivity (Wildman–Crippen MR) is 259 cm³/mol. The second-order valence-corrected chi connectivity index (χ2v) is 14.6. The van der Waals surface area contributed by atoms with Gasteiger partial charge in [-0.3, -0.25) is 0 Å². The monoisotopic (exact) mass is 1200 g/mol. The van der Waals surface area contributed by atoms with Crippen molar-refractivity contribution >= 4 is 0 Å². The molecule has 10 rings (SSSR count). The van der Waals surface area contributed by atoms with Crippen molar-refractivity contribution in [3.8, 4) is 67.3 Å². The van der Waals surface area contributed by atoms with Gasteiger partial charge in [-0.05, 0) is 89.1 Å². The number of rotatable bonds is 6. The maximum atomic E-state index is 4.42. The number of benzene rings is 6. The minimum absolute atomic E-state index is 0. The Morgan fingerprint density at radius 1 is 0.292 bits per heavy atom. The maximum absolute atomic E-state index is 4.42. The van der Waals surface area contributed by atoms with Gasteiger partial charge < -0.3 is 19.9 Å². The minimum Gasteiger partial charge on any atom is -0.305 e. The fourth-order valence-corrected chi connectivity index (χ4v) is 6.36. The van der Waals surface area contributed by atoms with E-state index in [4.69, 9.17) is 0 Å². The maximum Gasteiger partial charge on any atom is 0.0190 e. The summed E-state index contributed by atoms with van der Waals surface area (Å²) in [5.74, 6) is 0. The smallest absolute Gasteiger partial charge is 0.0190 e. The van der Waals surface area contributed by atoms with E-state index < -0.39 is 0 Å². The molecule has 0 saturated heterocycles. The van der Waals surface area contributed by atoms with Crippen LogP contribution in [0.1, 0.15) is 16.7 Å². The Morgan fingerprint density at radius 3 is 1.00 bits per heavy atom. The summed E-state index contributed by atoms with van der Waals surface area (Å²) in [5, 5.41) is 0. The van der Waals surface area contributed by atoms with E-state index in [1.165, 1.54) is 38.9 Å². The molecule has 324 valence electrons. The molecule has 0 aliphatic heterocycles. The van der Waals surface area contributed by atoms with E-state index in [9.17, 15) is 0 Å². The summed E-state index contributed by atoms with van der Waals surface area (Å²) >= 11 is 0. The van der Waals surface area contributed by atoms with Crippen LogP contribution in [-0.4, -0.2) is 19.9 Å². The fourth-order valence-electron chi connectivity index (χ4n) is 6.36. The fraction of sp³-hybridized carbons (Fsp3) is 0.0508. The Bertz CT molecular complexity index is 2730. The Labute approximate surface area is 411 Å². The molecule has 0 aliphatic carbocycles. The number of hydrogen-bond acceptors (Lipinski definition) is 4. The summed E-state index contributed by atoms with van der Waals surface area (Å²) in [7, 11) is 0. The quantitative estimate of drug-likeness (QED) is 0.156. The first-order chi connectivity index (χ1) is 31.0. The Kier molecular flexibility index (Phi) is 19.8. The van der Waals surface area contributed by atoms with Crippen LogP contribution in [0.15, 0.2) is 225 Å². The van der Waals surface area contributed by atoms with Crippen molar-refractivity contribution in [1.82, 2.24) is 19.9 Å². The first kappa shape index (κ1) is 49.2. The van der Waals surface area contributed by atoms with Crippen LogP contribution >= 0.6 is 0 Å². The van der Waals surface area contributed by atoms with Crippen LogP contribution in [0.5, 0.6) is 0 Å². The molecular weight excluding hydrogens is 1150 g/mol. The third kappa shape index (κ3) is 15.2. The zero-order chi connectivity index (χ0) is 43.5. The minimum atomic E-state index is 0. The molecular formula is C59H46Ir2N4-4. The third-order valence-corrected chi connectivity index (χ3v) is 9.77. The Hall–Kier alpha value is -6.78. The first-order valence-corrected chi connectivity index (χ1v) is 20.8. The zero-order valence-electron chi connectivity index (χ0n) is 36.3. The molecule has 0 amide bonds. The van der Waals surface area contributed by atoms with Gasteiger partial charge in [0.2, 0.25) is 0 Å². The molecule has 0 atom stereocenters. The van der Waals surface area contributed by atoms with Gasteiger partial charge in [-0.2, -0.15) is 0 Å². The van der Waals surface area contributed by atoms with Crippen LogP contribution < -0.4 is 0 Å². The van der Waals surface area contributed by atoms with E-state index in [1.54, 1.807) is 0 Å². The van der Waals surface area contributed by atoms with E-state index in [0.717, 1.165) is 45.0 Å². The topological polar surface area (TPSA) is 51.6 Å². The summed E-state index contributed by atoms with van der Waals surface area (Å²) in [6, 6.07) is 79.5. The summed E-state index contributed by atoms with van der Waals surface area (Å²) in [6.45, 7) is 6.16. The van der Waals surface area contributed by atoms with Gasteiger partial charge in [-0.25, -0.2) is 0 Å². The second kappa shape index (κ2) is 26.1. The summed E-state index contributed by atoms with van der Waals surface area (Å²) < 4.78 is 0. The normalized spacial score (nSPS) is 9.83. The number of hydrogen-bond donors (Lipinski definition) is 0. The standard InChI is InChI=1S/C18H14N.C17H12N.2C12H10N.2Ir/c1-14-7-9-15(10-8-14)17-11-12-19-18(13-17)16-5-3-2-4-6-16;1-3-7-14(8-4-1)16-11-12-18-17(13-16)15-9-5-2-6-10-15;2*1-10-7-8-12(13-9-10)11-5-3-2-4-6-11;;/h2-5,7-13H,1H3;1-9,11-13H;2*2-5,7-9H,1H3;;/q4*-1;;. The summed E-state index contributed by atoms with van der Waals surface area (Å²) in [5.41, 5.74) is 16.4. The number of aromatic nitrogens is 4. The molecule has 6 heteroatoms. The van der Waals surface area contributed by atoms with Crippen molar-refractivity contribution in [1.29, 1.82) is 0 Å². The van der Waals surface area contributed by atoms with Gasteiger partial charge in [0, 0.05) is 65.0 Å². The average molecular weight is 1200 g/mol. The van der Waals surface area contributed by atoms with Crippen molar-refractivity contribution < 1.29 is 40.2 Å². The summed E-state index contributed by atoms with van der Waals surface area (Å²) in [4.78, 5) is 17.5. The van der Waals surface area contributed by atoms with E-state index >= 15 is 0 Å². The number of nitrogens with zero attached hydrogens (tertiary/aromatic N) is 4. The Balaban J connectivity index is 0.000000163. The van der Waals surface area contributed by atoms with Gasteiger partial charge in [-0.15, -0.1) is 144 Å². The zero-order valence-corrected chi connectivity index (χ0v) is 41.1. The van der Waals surface area contributed by atoms with Crippen molar-refractivity contribution in [3.05, 3.63) is 266 Å². The van der Waals surface area contributed by atoms with Gasteiger partial charge in [0.25, 0.3) is 0 Å². The molecule has 65 heavy (non-hydrogen) atoms. The first-order valence-electron chi connectivity index (χ1n) is 20.8. The predicted octanol–water partition coefficient (Wildman–Crippen LogP) is 14.4. The molecule has 2 radical (unpaired) electrons. The van der Waals surface area contributed by atoms with Crippen molar-refractivity contribution in [3.63, 3.8) is 0 Å². The van der Waals surface area contributed by atoms with Crippen LogP contribution in [-0.2, 0) is 40.2 Å². The van der Waals surface area contributed by atoms with Crippen molar-refractivity contribution in [2.75, 3.05) is 0 Å². The SMILES string of the molecule is Cc1ccc(-c2[c-]cccc2)nc1.Cc1ccc(-c2[c-]cccc2)nc1.Cc1ccc(-c2ccnc(-c3[c-]cccc3)c2)cc1.[Ir].[Ir].[c-]1ccccc1-c1cc(-c2ccccc2)ccn1. The van der Waals surface area contributed by atoms with E-state index in [2.05, 4.69) is 112 Å². The van der Waals surface area contributed by atoms with Crippen LogP contribution in [0.2, 0.25) is 0 Å². The van der Waals surface area contributed by atoms with E-state index in [1.807, 2.05) is 178 Å². The molecule has 0 aliphatic rings. The largest absolute Gasteiger partial charge is 0.305 e. The molecule has 10 aromatic rings. The molecule has 4 aromatic heterocycles. The average Bonchev–Trinajstić information content (AvgIpc) is 3.37. The van der Waals surface area contributed by atoms with E-state index in [-0.39, 0.29) is 40.2 Å². The molecule has 0 unspecified atom stereocenters. The van der Waals surface area contributed by atoms with Crippen LogP contribution in [0.25, 0.3) is 67.3 Å². The third-order valence-electron chi connectivity index (χ3n) is 9.77. The molecule has 4 nitrogen and oxygen atoms in total. The van der Waals surface area contributed by atoms with Gasteiger partial charge in [-0.1, -0.05) is 96.6 Å². The molecule has 0 bridgehead atoms. The van der Waals surface area contributed by atoms with E-state index in [0.29, 0.717) is 0 Å². The molecule has 6 aromatic carbocycles. The number of pyridine rings is 4. The number of aryl methyl sites for hydroxylation is 3. The van der Waals surface area contributed by atoms with Gasteiger partial charge >= 0.3 is 0 Å². The van der Waals surface area contributed by atoms with Crippen LogP contribution in [0.4, 0.5) is 0 Å². The molecule has 0 saturated carbocycles. The molecule has 0 spiro atoms. The van der Waals surface area contributed by atoms with Gasteiger partial charge in [0.05, 0.1) is 0 Å². The van der Waals surface area contributed by atoms with Gasteiger partial charge in [0.15, 0.2) is 0 Å². The van der Waals surface area contributed by atoms with Crippen molar-refractivity contribution in [2.45, 2.75) is 20.8 Å². The van der Waals surface area contributed by atoms with Crippen molar-refractivity contribution in [2.24, 2.45) is 0 Å². The molecule has 0 fully saturated rings. The Morgan fingerprint density at radius 2 is 0.646 bits per heavy atom.